The van der Waals surface area contributed by atoms with Crippen molar-refractivity contribution in [1.82, 2.24) is 4.90 Å². The Hall–Kier alpha value is -1.62. The number of hydrogen-bond acceptors (Lipinski definition) is 4. The van der Waals surface area contributed by atoms with E-state index in [1.807, 2.05) is 0 Å². The molecule has 4 heteroatoms. The molecular weight excluding hydrogens is 324 g/mol. The molecule has 2 heterocycles. The van der Waals surface area contributed by atoms with Gasteiger partial charge in [-0.3, -0.25) is 4.90 Å². The number of rotatable bonds is 8. The molecule has 0 atom stereocenters. The van der Waals surface area contributed by atoms with Crippen LogP contribution in [-0.2, 0) is 15.9 Å². The van der Waals surface area contributed by atoms with E-state index in [0.29, 0.717) is 0 Å². The molecule has 0 spiro atoms. The normalized spacial score (nSPS) is 19.3. The molecule has 2 saturated heterocycles. The molecule has 0 N–H and O–H groups in total. The summed E-state index contributed by atoms with van der Waals surface area (Å²) in [6, 6.07) is 9.08. The Morgan fingerprint density at radius 1 is 0.846 bits per heavy atom. The number of benzene rings is 1. The first-order valence-corrected chi connectivity index (χ1v) is 9.74. The van der Waals surface area contributed by atoms with Gasteiger partial charge in [-0.05, 0) is 37.0 Å². The number of ether oxygens (including phenoxy) is 2. The van der Waals surface area contributed by atoms with Gasteiger partial charge < -0.3 is 14.4 Å². The van der Waals surface area contributed by atoms with Crippen LogP contribution >= 0.6 is 0 Å². The molecule has 0 unspecified atom stereocenters. The summed E-state index contributed by atoms with van der Waals surface area (Å²) in [6.07, 6.45) is 7.05. The molecule has 2 fully saturated rings. The van der Waals surface area contributed by atoms with Crippen LogP contribution in [0.5, 0.6) is 0 Å². The largest absolute Gasteiger partial charge is 0.379 e. The fourth-order valence-electron chi connectivity index (χ4n) is 4.20. The third kappa shape index (κ3) is 4.56. The van der Waals surface area contributed by atoms with E-state index in [-0.39, 0.29) is 5.54 Å². The number of morpholine rings is 2. The lowest BCUT2D eigenvalue weighted by Crippen LogP contribution is -2.54. The molecular formula is C22H32N2O2. The highest BCUT2D eigenvalue weighted by Gasteiger charge is 2.35. The standard InChI is InChI=1S/C22H32N2O2/c1-3-9-22(10-4-2,24-13-17-26-18-14-24)19-20-5-7-21(8-6-20)23-11-15-25-16-12-23/h3-8H,1-2,9-19H2. The average molecular weight is 357 g/mol. The minimum Gasteiger partial charge on any atom is -0.379 e. The molecule has 2 aliphatic rings. The third-order valence-corrected chi connectivity index (χ3v) is 5.58. The van der Waals surface area contributed by atoms with Crippen LogP contribution in [0.3, 0.4) is 0 Å². The van der Waals surface area contributed by atoms with E-state index >= 15 is 0 Å². The van der Waals surface area contributed by atoms with Crippen molar-refractivity contribution in [1.29, 1.82) is 0 Å². The van der Waals surface area contributed by atoms with Crippen molar-refractivity contribution in [3.8, 4) is 0 Å². The minimum atomic E-state index is 0.0494. The summed E-state index contributed by atoms with van der Waals surface area (Å²) in [5.41, 5.74) is 2.71. The zero-order valence-corrected chi connectivity index (χ0v) is 15.9. The molecule has 26 heavy (non-hydrogen) atoms. The van der Waals surface area contributed by atoms with Crippen LogP contribution in [-0.4, -0.2) is 63.0 Å². The highest BCUT2D eigenvalue weighted by atomic mass is 16.5. The van der Waals surface area contributed by atoms with Crippen molar-refractivity contribution in [2.24, 2.45) is 0 Å². The number of nitrogens with zero attached hydrogens (tertiary/aromatic N) is 2. The minimum absolute atomic E-state index is 0.0494. The smallest absolute Gasteiger partial charge is 0.0642 e. The lowest BCUT2D eigenvalue weighted by molar-refractivity contribution is -0.0212. The molecule has 0 saturated carbocycles. The van der Waals surface area contributed by atoms with Crippen molar-refractivity contribution < 1.29 is 9.47 Å². The Labute approximate surface area is 158 Å². The SMILES string of the molecule is C=CCC(CC=C)(Cc1ccc(N2CCOCC2)cc1)N1CCOCC1. The van der Waals surface area contributed by atoms with Crippen molar-refractivity contribution in [3.63, 3.8) is 0 Å². The van der Waals surface area contributed by atoms with Gasteiger partial charge in [0.1, 0.15) is 0 Å². The number of hydrogen-bond donors (Lipinski definition) is 0. The Kier molecular flexibility index (Phi) is 6.89. The van der Waals surface area contributed by atoms with E-state index < -0.39 is 0 Å². The Morgan fingerprint density at radius 2 is 1.38 bits per heavy atom. The van der Waals surface area contributed by atoms with Gasteiger partial charge >= 0.3 is 0 Å². The monoisotopic (exact) mass is 356 g/mol. The van der Waals surface area contributed by atoms with Crippen LogP contribution < -0.4 is 4.90 Å². The van der Waals surface area contributed by atoms with E-state index in [1.54, 1.807) is 0 Å². The van der Waals surface area contributed by atoms with Crippen molar-refractivity contribution in [2.75, 3.05) is 57.5 Å². The fourth-order valence-corrected chi connectivity index (χ4v) is 4.20. The second-order valence-corrected chi connectivity index (χ2v) is 7.25. The quantitative estimate of drug-likeness (QED) is 0.668. The molecule has 0 bridgehead atoms. The zero-order chi connectivity index (χ0) is 18.2. The van der Waals surface area contributed by atoms with Crippen molar-refractivity contribution >= 4 is 5.69 Å². The molecule has 4 nitrogen and oxygen atoms in total. The van der Waals surface area contributed by atoms with Crippen molar-refractivity contribution in [2.45, 2.75) is 24.8 Å². The lowest BCUT2D eigenvalue weighted by atomic mass is 9.82. The summed E-state index contributed by atoms with van der Waals surface area (Å²) >= 11 is 0. The van der Waals surface area contributed by atoms with Crippen LogP contribution in [0, 0.1) is 0 Å². The molecule has 0 aromatic heterocycles. The van der Waals surface area contributed by atoms with Crippen LogP contribution in [0.1, 0.15) is 18.4 Å². The van der Waals surface area contributed by atoms with E-state index in [0.717, 1.165) is 71.9 Å². The first-order valence-electron chi connectivity index (χ1n) is 9.74. The van der Waals surface area contributed by atoms with Gasteiger partial charge in [0.15, 0.2) is 0 Å². The first-order chi connectivity index (χ1) is 12.8. The van der Waals surface area contributed by atoms with Crippen LogP contribution in [0.4, 0.5) is 5.69 Å². The van der Waals surface area contributed by atoms with Crippen LogP contribution in [0.25, 0.3) is 0 Å². The van der Waals surface area contributed by atoms with E-state index in [2.05, 4.69) is 59.4 Å². The molecule has 2 aliphatic heterocycles. The van der Waals surface area contributed by atoms with Gasteiger partial charge in [0.2, 0.25) is 0 Å². The summed E-state index contributed by atoms with van der Waals surface area (Å²) in [6.45, 7) is 15.2. The molecule has 0 aliphatic carbocycles. The summed E-state index contributed by atoms with van der Waals surface area (Å²) < 4.78 is 11.0. The van der Waals surface area contributed by atoms with E-state index in [4.69, 9.17) is 9.47 Å². The first kappa shape index (κ1) is 19.2. The summed E-state index contributed by atoms with van der Waals surface area (Å²) in [5, 5.41) is 0. The van der Waals surface area contributed by atoms with Crippen LogP contribution in [0.15, 0.2) is 49.6 Å². The molecule has 1 aromatic rings. The maximum Gasteiger partial charge on any atom is 0.0642 e. The predicted molar refractivity (Wildman–Crippen MR) is 108 cm³/mol. The van der Waals surface area contributed by atoms with Gasteiger partial charge in [0, 0.05) is 37.4 Å². The van der Waals surface area contributed by atoms with Crippen molar-refractivity contribution in [3.05, 3.63) is 55.1 Å². The van der Waals surface area contributed by atoms with Crippen LogP contribution in [0.2, 0.25) is 0 Å². The summed E-state index contributed by atoms with van der Waals surface area (Å²) in [4.78, 5) is 4.98. The Bertz CT molecular complexity index is 562. The Balaban J connectivity index is 1.76. The summed E-state index contributed by atoms with van der Waals surface area (Å²) in [5.74, 6) is 0. The molecule has 0 radical (unpaired) electrons. The second kappa shape index (κ2) is 9.36. The maximum atomic E-state index is 5.58. The molecule has 0 amide bonds. The van der Waals surface area contributed by atoms with E-state index in [1.165, 1.54) is 11.3 Å². The van der Waals surface area contributed by atoms with Gasteiger partial charge in [0.25, 0.3) is 0 Å². The Morgan fingerprint density at radius 3 is 1.92 bits per heavy atom. The molecule has 142 valence electrons. The maximum absolute atomic E-state index is 5.58. The summed E-state index contributed by atoms with van der Waals surface area (Å²) in [7, 11) is 0. The fraction of sp³-hybridized carbons (Fsp3) is 0.545. The zero-order valence-electron chi connectivity index (χ0n) is 15.9. The van der Waals surface area contributed by atoms with Gasteiger partial charge in [-0.25, -0.2) is 0 Å². The second-order valence-electron chi connectivity index (χ2n) is 7.25. The van der Waals surface area contributed by atoms with E-state index in [9.17, 15) is 0 Å². The van der Waals surface area contributed by atoms with Gasteiger partial charge in [0.05, 0.1) is 26.4 Å². The average Bonchev–Trinajstić information content (AvgIpc) is 2.70. The topological polar surface area (TPSA) is 24.9 Å². The lowest BCUT2D eigenvalue weighted by Gasteiger charge is -2.45. The van der Waals surface area contributed by atoms with Gasteiger partial charge in [-0.2, -0.15) is 0 Å². The van der Waals surface area contributed by atoms with Gasteiger partial charge in [-0.1, -0.05) is 24.3 Å². The molecule has 3 rings (SSSR count). The molecule has 1 aromatic carbocycles. The third-order valence-electron chi connectivity index (χ3n) is 5.58. The number of anilines is 1. The highest BCUT2D eigenvalue weighted by molar-refractivity contribution is 5.48. The highest BCUT2D eigenvalue weighted by Crippen LogP contribution is 2.31. The predicted octanol–water partition coefficient (Wildman–Crippen LogP) is 3.29. The van der Waals surface area contributed by atoms with Gasteiger partial charge in [-0.15, -0.1) is 13.2 Å².